The van der Waals surface area contributed by atoms with E-state index < -0.39 is 0 Å². The first kappa shape index (κ1) is 20.9. The summed E-state index contributed by atoms with van der Waals surface area (Å²) in [7, 11) is 0. The fourth-order valence-corrected chi connectivity index (χ4v) is 3.83. The number of benzene rings is 2. The largest absolute Gasteiger partial charge is 0.467 e. The van der Waals surface area contributed by atoms with E-state index in [-0.39, 0.29) is 5.56 Å². The van der Waals surface area contributed by atoms with E-state index in [2.05, 4.69) is 35.4 Å². The van der Waals surface area contributed by atoms with Crippen molar-refractivity contribution in [2.45, 2.75) is 33.5 Å². The summed E-state index contributed by atoms with van der Waals surface area (Å²) in [6, 6.07) is 19.9. The molecule has 0 saturated heterocycles. The van der Waals surface area contributed by atoms with Gasteiger partial charge in [0.25, 0.3) is 5.56 Å². The average Bonchev–Trinajstić information content (AvgIpc) is 3.29. The van der Waals surface area contributed by atoms with Gasteiger partial charge in [-0.05, 0) is 61.0 Å². The second-order valence-corrected chi connectivity index (χ2v) is 8.08. The number of nitrogens with one attached hydrogen (secondary N) is 2. The van der Waals surface area contributed by atoms with Crippen molar-refractivity contribution in [3.8, 4) is 0 Å². The number of aryl methyl sites for hydroxylation is 2. The van der Waals surface area contributed by atoms with Gasteiger partial charge < -0.3 is 19.6 Å². The van der Waals surface area contributed by atoms with E-state index in [1.807, 2.05) is 54.3 Å². The average molecular weight is 432 g/mol. The predicted octanol–water partition coefficient (Wildman–Crippen LogP) is 4.81. The van der Waals surface area contributed by atoms with Gasteiger partial charge in [-0.1, -0.05) is 42.5 Å². The molecule has 6 heteroatoms. The number of hydrogen-bond acceptors (Lipinski definition) is 3. The number of aromatic nitrogens is 1. The summed E-state index contributed by atoms with van der Waals surface area (Å²) < 4.78 is 5.40. The lowest BCUT2D eigenvalue weighted by Crippen LogP contribution is -2.39. The Morgan fingerprint density at radius 1 is 1.03 bits per heavy atom. The molecule has 5 nitrogen and oxygen atoms in total. The Bertz CT molecular complexity index is 1250. The molecule has 0 aliphatic heterocycles. The third kappa shape index (κ3) is 4.86. The van der Waals surface area contributed by atoms with Crippen LogP contribution >= 0.6 is 12.2 Å². The first-order valence-electron chi connectivity index (χ1n) is 10.2. The number of furan rings is 1. The molecule has 0 saturated carbocycles. The van der Waals surface area contributed by atoms with Crippen LogP contribution in [0.25, 0.3) is 10.9 Å². The SMILES string of the molecule is Cc1ccc(C)c2[nH]c(=O)c(CN(Cc3ccccc3)C(=S)NCc3ccco3)cc12. The van der Waals surface area contributed by atoms with Crippen LogP contribution in [0, 0.1) is 13.8 Å². The number of thiocarbonyl (C=S) groups is 1. The van der Waals surface area contributed by atoms with Gasteiger partial charge >= 0.3 is 0 Å². The van der Waals surface area contributed by atoms with Crippen molar-refractivity contribution in [1.29, 1.82) is 0 Å². The molecule has 2 N–H and O–H groups in total. The maximum absolute atomic E-state index is 12.9. The van der Waals surface area contributed by atoms with Gasteiger partial charge in [0.05, 0.1) is 24.9 Å². The third-order valence-corrected chi connectivity index (χ3v) is 5.78. The Hall–Kier alpha value is -3.38. The quantitative estimate of drug-likeness (QED) is 0.429. The summed E-state index contributed by atoms with van der Waals surface area (Å²) in [6.07, 6.45) is 1.64. The van der Waals surface area contributed by atoms with Crippen molar-refractivity contribution in [2.24, 2.45) is 0 Å². The summed E-state index contributed by atoms with van der Waals surface area (Å²) in [5.41, 5.74) is 4.79. The highest BCUT2D eigenvalue weighted by molar-refractivity contribution is 7.80. The minimum atomic E-state index is -0.0897. The summed E-state index contributed by atoms with van der Waals surface area (Å²) in [5, 5.41) is 4.88. The van der Waals surface area contributed by atoms with Gasteiger partial charge in [0.1, 0.15) is 5.76 Å². The predicted molar refractivity (Wildman–Crippen MR) is 128 cm³/mol. The van der Waals surface area contributed by atoms with Crippen molar-refractivity contribution < 1.29 is 4.42 Å². The van der Waals surface area contributed by atoms with E-state index >= 15 is 0 Å². The Morgan fingerprint density at radius 2 is 1.81 bits per heavy atom. The van der Waals surface area contributed by atoms with Crippen LogP contribution in [0.2, 0.25) is 0 Å². The summed E-state index contributed by atoms with van der Waals surface area (Å²) in [5.74, 6) is 0.802. The molecule has 0 unspecified atom stereocenters. The van der Waals surface area contributed by atoms with Crippen LogP contribution in [0.15, 0.2) is 76.1 Å². The van der Waals surface area contributed by atoms with Gasteiger partial charge in [-0.2, -0.15) is 0 Å². The molecular formula is C25H25N3O2S. The molecule has 0 fully saturated rings. The monoisotopic (exact) mass is 431 g/mol. The molecule has 0 aliphatic rings. The fraction of sp³-hybridized carbons (Fsp3) is 0.200. The molecular weight excluding hydrogens is 406 g/mol. The van der Waals surface area contributed by atoms with E-state index in [0.717, 1.165) is 33.4 Å². The number of H-pyrrole nitrogens is 1. The Kier molecular flexibility index (Phi) is 6.18. The van der Waals surface area contributed by atoms with Crippen molar-refractivity contribution in [3.05, 3.63) is 105 Å². The lowest BCUT2D eigenvalue weighted by Gasteiger charge is -2.26. The number of hydrogen-bond donors (Lipinski definition) is 2. The number of nitrogens with zero attached hydrogens (tertiary/aromatic N) is 1. The van der Waals surface area contributed by atoms with Crippen LogP contribution in [0.5, 0.6) is 0 Å². The molecule has 0 atom stereocenters. The topological polar surface area (TPSA) is 61.3 Å². The van der Waals surface area contributed by atoms with Gasteiger partial charge in [0.2, 0.25) is 0 Å². The highest BCUT2D eigenvalue weighted by atomic mass is 32.1. The highest BCUT2D eigenvalue weighted by Gasteiger charge is 2.15. The highest BCUT2D eigenvalue weighted by Crippen LogP contribution is 2.20. The zero-order valence-electron chi connectivity index (χ0n) is 17.6. The Labute approximate surface area is 186 Å². The zero-order chi connectivity index (χ0) is 21.8. The maximum atomic E-state index is 12.9. The molecule has 0 aliphatic carbocycles. The molecule has 0 radical (unpaired) electrons. The number of fused-ring (bicyclic) bond motifs is 1. The summed E-state index contributed by atoms with van der Waals surface area (Å²) in [4.78, 5) is 18.0. The van der Waals surface area contributed by atoms with Gasteiger partial charge in [-0.3, -0.25) is 4.79 Å². The molecule has 31 heavy (non-hydrogen) atoms. The lowest BCUT2D eigenvalue weighted by molar-refractivity contribution is 0.393. The standard InChI is InChI=1S/C25H25N3O2S/c1-17-10-11-18(2)23-22(17)13-20(24(29)27-23)16-28(15-19-7-4-3-5-8-19)25(31)26-14-21-9-6-12-30-21/h3-13H,14-16H2,1-2H3,(H,26,31)(H,27,29). The molecule has 4 aromatic rings. The molecule has 4 rings (SSSR count). The van der Waals surface area contributed by atoms with Crippen molar-refractivity contribution in [3.63, 3.8) is 0 Å². The van der Waals surface area contributed by atoms with Crippen molar-refractivity contribution in [1.82, 2.24) is 15.2 Å². The van der Waals surface area contributed by atoms with E-state index in [0.29, 0.717) is 30.3 Å². The van der Waals surface area contributed by atoms with E-state index in [9.17, 15) is 4.79 Å². The number of rotatable bonds is 6. The lowest BCUT2D eigenvalue weighted by atomic mass is 10.0. The van der Waals surface area contributed by atoms with Crippen molar-refractivity contribution in [2.75, 3.05) is 0 Å². The second kappa shape index (κ2) is 9.18. The normalized spacial score (nSPS) is 10.9. The minimum absolute atomic E-state index is 0.0897. The molecule has 0 spiro atoms. The van der Waals surface area contributed by atoms with Crippen LogP contribution in [0.1, 0.15) is 28.0 Å². The van der Waals surface area contributed by atoms with E-state index in [1.165, 1.54) is 0 Å². The van der Waals surface area contributed by atoms with Gasteiger partial charge in [0, 0.05) is 17.5 Å². The van der Waals surface area contributed by atoms with Crippen LogP contribution in [-0.2, 0) is 19.6 Å². The molecule has 2 heterocycles. The van der Waals surface area contributed by atoms with Gasteiger partial charge in [-0.25, -0.2) is 0 Å². The van der Waals surface area contributed by atoms with Crippen LogP contribution in [-0.4, -0.2) is 15.0 Å². The Balaban J connectivity index is 1.63. The summed E-state index contributed by atoms with van der Waals surface area (Å²) >= 11 is 5.69. The first-order valence-corrected chi connectivity index (χ1v) is 10.6. The van der Waals surface area contributed by atoms with Crippen molar-refractivity contribution >= 4 is 28.2 Å². The van der Waals surface area contributed by atoms with Crippen LogP contribution in [0.3, 0.4) is 0 Å². The molecule has 2 aromatic heterocycles. The maximum Gasteiger partial charge on any atom is 0.253 e. The molecule has 0 amide bonds. The van der Waals surface area contributed by atoms with Crippen LogP contribution in [0.4, 0.5) is 0 Å². The van der Waals surface area contributed by atoms with Gasteiger partial charge in [-0.15, -0.1) is 0 Å². The molecule has 0 bridgehead atoms. The smallest absolute Gasteiger partial charge is 0.253 e. The molecule has 158 valence electrons. The summed E-state index contributed by atoms with van der Waals surface area (Å²) in [6.45, 7) is 5.55. The van der Waals surface area contributed by atoms with E-state index in [4.69, 9.17) is 16.6 Å². The second-order valence-electron chi connectivity index (χ2n) is 7.69. The van der Waals surface area contributed by atoms with Gasteiger partial charge in [0.15, 0.2) is 5.11 Å². The fourth-order valence-electron chi connectivity index (χ4n) is 3.63. The van der Waals surface area contributed by atoms with E-state index in [1.54, 1.807) is 6.26 Å². The number of pyridine rings is 1. The number of aromatic amines is 1. The first-order chi connectivity index (χ1) is 15.0. The van der Waals surface area contributed by atoms with Crippen LogP contribution < -0.4 is 10.9 Å². The molecule has 2 aromatic carbocycles. The zero-order valence-corrected chi connectivity index (χ0v) is 18.5. The minimum Gasteiger partial charge on any atom is -0.467 e. The Morgan fingerprint density at radius 3 is 2.55 bits per heavy atom. The third-order valence-electron chi connectivity index (χ3n) is 5.38.